The molecule has 0 radical (unpaired) electrons. The fraction of sp³-hybridized carbons (Fsp3) is 0.393. The summed E-state index contributed by atoms with van der Waals surface area (Å²) in [4.78, 5) is 135. The van der Waals surface area contributed by atoms with E-state index in [0.717, 1.165) is 49.0 Å². The van der Waals surface area contributed by atoms with E-state index in [1.165, 1.54) is 12.1 Å². The number of rotatable bonds is 22. The second kappa shape index (κ2) is 32.3. The van der Waals surface area contributed by atoms with E-state index < -0.39 is 120 Å². The molecule has 0 spiro atoms. The van der Waals surface area contributed by atoms with Crippen molar-refractivity contribution in [3.63, 3.8) is 0 Å². The molecule has 0 aliphatic carbocycles. The molecule has 1 aliphatic rings. The van der Waals surface area contributed by atoms with Gasteiger partial charge in [0.1, 0.15) is 54.1 Å². The molecule has 3 heterocycles. The number of carbonyl (C=O) groups excluding carboxylic acids is 9. The lowest BCUT2D eigenvalue weighted by Gasteiger charge is -2.29. The first kappa shape index (κ1) is 66.1. The lowest BCUT2D eigenvalue weighted by molar-refractivity contribution is -0.136. The molecule has 0 saturated carbocycles. The first-order chi connectivity index (χ1) is 41.8. The molecule has 1 aliphatic heterocycles. The number of carbonyl (C=O) groups is 9. The summed E-state index contributed by atoms with van der Waals surface area (Å²) >= 11 is 0. The third kappa shape index (κ3) is 19.3. The predicted octanol–water partition coefficient (Wildman–Crippen LogP) is 0.912. The Morgan fingerprint density at radius 2 is 1.23 bits per heavy atom. The minimum absolute atomic E-state index is 0.0270. The highest BCUT2D eigenvalue weighted by Gasteiger charge is 2.36. The fourth-order valence-corrected chi connectivity index (χ4v) is 12.2. The van der Waals surface area contributed by atoms with Crippen molar-refractivity contribution < 1.29 is 58.5 Å². The van der Waals surface area contributed by atoms with Gasteiger partial charge in [-0.3, -0.25) is 43.2 Å². The number of nitrogens with two attached hydrogens (primary N) is 2. The summed E-state index contributed by atoms with van der Waals surface area (Å²) in [6.07, 6.45) is 1.80. The van der Waals surface area contributed by atoms with Crippen molar-refractivity contribution in [1.82, 2.24) is 52.5 Å². The van der Waals surface area contributed by atoms with Crippen molar-refractivity contribution in [3.05, 3.63) is 138 Å². The number of primary amides is 1. The van der Waals surface area contributed by atoms with Gasteiger partial charge in [0.25, 0.3) is 0 Å². The first-order valence-corrected chi connectivity index (χ1v) is 31.2. The second-order valence-corrected chi connectivity index (χ2v) is 24.2. The predicted molar refractivity (Wildman–Crippen MR) is 331 cm³/mol. The minimum Gasteiger partial charge on any atom is -0.508 e. The Hall–Kier alpha value is -8.43. The number of para-hydroxylation sites is 2. The molecule has 2 aromatic heterocycles. The van der Waals surface area contributed by atoms with Crippen molar-refractivity contribution in [1.29, 1.82) is 0 Å². The highest BCUT2D eigenvalue weighted by Crippen LogP contribution is 2.26. The van der Waals surface area contributed by atoms with Crippen molar-refractivity contribution in [2.45, 2.75) is 120 Å². The number of hydrogen-bond donors (Lipinski definition) is 15. The van der Waals surface area contributed by atoms with E-state index in [-0.39, 0.29) is 75.2 Å². The number of phenols is 1. The summed E-state index contributed by atoms with van der Waals surface area (Å²) in [5.74, 6) is -8.41. The summed E-state index contributed by atoms with van der Waals surface area (Å²) in [7, 11) is 2.06. The number of aliphatic hydroxyl groups is 2. The van der Waals surface area contributed by atoms with Gasteiger partial charge < -0.3 is 79.3 Å². The Kier molecular flexibility index (Phi) is 24.6. The third-order valence-corrected chi connectivity index (χ3v) is 17.2. The van der Waals surface area contributed by atoms with Gasteiger partial charge in [-0.25, -0.2) is 0 Å². The standard InChI is InChI=1S/C61H76N12O12S2/c1-34(2)52-61(85)72-50(58(82)68-46(53(63)77)28-37-30-65-43-16-8-6-14-40(37)43)33-87-86-32-49(71-54(78)42(62)26-35-12-4-3-5-13-35)59(83)69-47(27-36-19-21-39(75)22-20-36)56(80)70-48(29-38-31-66-44-17-9-7-15-41(38)44)57(81)67-45(55(79)73-52)18-10-11-24-64-60(84)51(76)23-25-74/h3-9,12-17,19-22,30-31,34,42,45-52,65-66,74-76H,10-11,18,23-29,32-33,62H2,1-2H3,(H2,63,77)(H,64,84)(H,67,81)(H,68,82)(H,69,83)(H,70,80)(H,71,78)(H,72,85)(H,73,79)/t42-,45+,46+,47+,48?,49?,50?,51-,52?/m1/s1. The monoisotopic (exact) mass is 1230 g/mol. The van der Waals surface area contributed by atoms with Gasteiger partial charge in [0.15, 0.2) is 0 Å². The van der Waals surface area contributed by atoms with E-state index in [9.17, 15) is 48.9 Å². The average molecular weight is 1230 g/mol. The SMILES string of the molecule is CC(C)C1NC(=O)[C@H](CCCCNC(=O)[C@H](O)CCO)NC(=O)C(Cc2c[nH]c3ccccc23)NC(=O)[C@H](Cc2ccc(O)cc2)NC(=O)C(NC(=O)[C@H](N)Cc2ccccc2)CSSCC(C(=O)N[C@@H](Cc2c[nH]c3ccccc23)C(N)=O)NC1=O. The number of hydrogen-bond acceptors (Lipinski definition) is 15. The number of fused-ring (bicyclic) bond motifs is 2. The van der Waals surface area contributed by atoms with Gasteiger partial charge in [-0.1, -0.05) is 114 Å². The number of aromatic hydroxyl groups is 1. The van der Waals surface area contributed by atoms with E-state index in [0.29, 0.717) is 16.7 Å². The van der Waals surface area contributed by atoms with Crippen LogP contribution in [0.2, 0.25) is 0 Å². The number of aromatic amines is 2. The van der Waals surface area contributed by atoms with Crippen LogP contribution in [-0.4, -0.2) is 158 Å². The third-order valence-electron chi connectivity index (χ3n) is 14.8. The van der Waals surface area contributed by atoms with E-state index in [1.54, 1.807) is 68.7 Å². The summed E-state index contributed by atoms with van der Waals surface area (Å²) in [5, 5.41) is 53.0. The number of nitrogens with one attached hydrogen (secondary N) is 10. The lowest BCUT2D eigenvalue weighted by atomic mass is 10.00. The summed E-state index contributed by atoms with van der Waals surface area (Å²) < 4.78 is 0. The number of unbranched alkanes of at least 4 members (excludes halogenated alkanes) is 1. The van der Waals surface area contributed by atoms with Crippen LogP contribution in [0.5, 0.6) is 5.75 Å². The molecule has 464 valence electrons. The van der Waals surface area contributed by atoms with E-state index in [2.05, 4.69) is 52.5 Å². The molecule has 4 unspecified atom stereocenters. The Balaban J connectivity index is 1.25. The maximum absolute atomic E-state index is 15.0. The van der Waals surface area contributed by atoms with Gasteiger partial charge in [-0.15, -0.1) is 0 Å². The van der Waals surface area contributed by atoms with Crippen LogP contribution in [0.4, 0.5) is 0 Å². The van der Waals surface area contributed by atoms with Crippen LogP contribution in [-0.2, 0) is 68.8 Å². The van der Waals surface area contributed by atoms with Crippen molar-refractivity contribution >= 4 is 96.6 Å². The van der Waals surface area contributed by atoms with E-state index in [1.807, 2.05) is 48.5 Å². The van der Waals surface area contributed by atoms with Crippen LogP contribution < -0.4 is 54.0 Å². The van der Waals surface area contributed by atoms with Crippen LogP contribution in [0.15, 0.2) is 116 Å². The molecule has 0 bridgehead atoms. The molecular formula is C61H76N12O12S2. The molecule has 9 atom stereocenters. The summed E-state index contributed by atoms with van der Waals surface area (Å²) in [6, 6.07) is 18.6. The van der Waals surface area contributed by atoms with Gasteiger partial charge in [-0.05, 0) is 78.1 Å². The van der Waals surface area contributed by atoms with Crippen molar-refractivity contribution in [3.8, 4) is 5.75 Å². The molecule has 7 rings (SSSR count). The largest absolute Gasteiger partial charge is 0.508 e. The highest BCUT2D eigenvalue weighted by atomic mass is 33.1. The molecule has 17 N–H and O–H groups in total. The Morgan fingerprint density at radius 1 is 0.644 bits per heavy atom. The second-order valence-electron chi connectivity index (χ2n) is 21.7. The van der Waals surface area contributed by atoms with Crippen LogP contribution in [0, 0.1) is 5.92 Å². The van der Waals surface area contributed by atoms with Crippen LogP contribution >= 0.6 is 21.6 Å². The Morgan fingerprint density at radius 3 is 1.89 bits per heavy atom. The van der Waals surface area contributed by atoms with Gasteiger partial charge in [0, 0.05) is 84.5 Å². The smallest absolute Gasteiger partial charge is 0.248 e. The number of aromatic nitrogens is 2. The lowest BCUT2D eigenvalue weighted by Crippen LogP contribution is -2.61. The normalized spacial score (nSPS) is 20.4. The van der Waals surface area contributed by atoms with Gasteiger partial charge in [0.05, 0.1) is 6.04 Å². The molecule has 6 aromatic rings. The zero-order valence-corrected chi connectivity index (χ0v) is 49.8. The summed E-state index contributed by atoms with van der Waals surface area (Å²) in [5.41, 5.74) is 16.4. The van der Waals surface area contributed by atoms with Gasteiger partial charge in [-0.2, -0.15) is 0 Å². The molecule has 4 aromatic carbocycles. The molecule has 87 heavy (non-hydrogen) atoms. The number of benzene rings is 4. The minimum atomic E-state index is -1.46. The first-order valence-electron chi connectivity index (χ1n) is 28.7. The molecular weight excluding hydrogens is 1160 g/mol. The Bertz CT molecular complexity index is 3350. The Labute approximate surface area is 510 Å². The van der Waals surface area contributed by atoms with Crippen molar-refractivity contribution in [2.75, 3.05) is 24.7 Å². The molecule has 26 heteroatoms. The average Bonchev–Trinajstić information content (AvgIpc) is 2.48. The molecule has 1 fully saturated rings. The van der Waals surface area contributed by atoms with Gasteiger partial charge >= 0.3 is 0 Å². The number of phenolic OH excluding ortho intramolecular Hbond substituents is 1. The fourth-order valence-electron chi connectivity index (χ4n) is 9.85. The van der Waals surface area contributed by atoms with E-state index in [4.69, 9.17) is 11.5 Å². The van der Waals surface area contributed by atoms with Crippen LogP contribution in [0.25, 0.3) is 21.8 Å². The quantitative estimate of drug-likeness (QED) is 0.0332. The van der Waals surface area contributed by atoms with Crippen molar-refractivity contribution in [2.24, 2.45) is 17.4 Å². The molecule has 9 amide bonds. The summed E-state index contributed by atoms with van der Waals surface area (Å²) in [6.45, 7) is 2.93. The zero-order valence-electron chi connectivity index (χ0n) is 48.2. The molecule has 1 saturated heterocycles. The van der Waals surface area contributed by atoms with Crippen LogP contribution in [0.1, 0.15) is 61.8 Å². The van der Waals surface area contributed by atoms with Crippen LogP contribution in [0.3, 0.4) is 0 Å². The maximum atomic E-state index is 15.0. The zero-order chi connectivity index (χ0) is 62.6. The van der Waals surface area contributed by atoms with E-state index >= 15 is 9.59 Å². The highest BCUT2D eigenvalue weighted by molar-refractivity contribution is 8.76. The molecule has 24 nitrogen and oxygen atoms in total. The van der Waals surface area contributed by atoms with Gasteiger partial charge in [0.2, 0.25) is 53.2 Å². The number of amides is 9. The number of aliphatic hydroxyl groups excluding tert-OH is 2. The topological polar surface area (TPSA) is 394 Å². The number of H-pyrrole nitrogens is 2. The maximum Gasteiger partial charge on any atom is 0.248 e.